The maximum absolute atomic E-state index is 12.5. The molecular formula is C21H38OS. The number of Topliss-reactive ketones (excluding diaryl/α,β-unsaturated/α-hetero) is 1. The van der Waals surface area contributed by atoms with Crippen molar-refractivity contribution >= 4 is 17.5 Å². The minimum absolute atomic E-state index is 0.421. The fourth-order valence-electron chi connectivity index (χ4n) is 4.31. The van der Waals surface area contributed by atoms with Crippen LogP contribution >= 0.6 is 11.8 Å². The number of hydrogen-bond donors (Lipinski definition) is 0. The predicted octanol–water partition coefficient (Wildman–Crippen LogP) is 6.93. The molecule has 2 aliphatic rings. The lowest BCUT2D eigenvalue weighted by molar-refractivity contribution is -0.123. The van der Waals surface area contributed by atoms with Crippen molar-refractivity contribution in [3.8, 4) is 0 Å². The zero-order valence-electron chi connectivity index (χ0n) is 15.4. The molecule has 2 bridgehead atoms. The zero-order chi connectivity index (χ0) is 16.3. The van der Waals surface area contributed by atoms with Crippen molar-refractivity contribution < 1.29 is 4.79 Å². The smallest absolute Gasteiger partial charge is 0.136 e. The van der Waals surface area contributed by atoms with E-state index in [0.29, 0.717) is 11.7 Å². The van der Waals surface area contributed by atoms with E-state index in [1.807, 2.05) is 0 Å². The molecule has 0 spiro atoms. The Bertz CT molecular complexity index is 316. The van der Waals surface area contributed by atoms with Crippen LogP contribution in [0.1, 0.15) is 110 Å². The first kappa shape index (κ1) is 19.3. The summed E-state index contributed by atoms with van der Waals surface area (Å²) >= 11 is 2.19. The van der Waals surface area contributed by atoms with Gasteiger partial charge in [-0.15, -0.1) is 0 Å². The molecular weight excluding hydrogens is 300 g/mol. The van der Waals surface area contributed by atoms with E-state index in [0.717, 1.165) is 23.3 Å². The van der Waals surface area contributed by atoms with E-state index in [1.54, 1.807) is 0 Å². The summed E-state index contributed by atoms with van der Waals surface area (Å²) in [6.45, 7) is 2.28. The van der Waals surface area contributed by atoms with Gasteiger partial charge in [-0.25, -0.2) is 0 Å². The summed E-state index contributed by atoms with van der Waals surface area (Å²) in [5.74, 6) is 1.02. The Hall–Kier alpha value is 0.0200. The molecule has 0 aromatic heterocycles. The number of fused-ring (bicyclic) bond motifs is 2. The number of unbranched alkanes of at least 4 members (excludes halogenated alkanes) is 9. The highest BCUT2D eigenvalue weighted by Gasteiger charge is 2.34. The molecule has 0 saturated carbocycles. The first-order valence-electron chi connectivity index (χ1n) is 10.5. The van der Waals surface area contributed by atoms with Gasteiger partial charge in [0.2, 0.25) is 0 Å². The van der Waals surface area contributed by atoms with Crippen LogP contribution in [0.15, 0.2) is 0 Å². The second-order valence-corrected chi connectivity index (χ2v) is 9.48. The molecule has 0 radical (unpaired) electrons. The lowest BCUT2D eigenvalue weighted by Gasteiger charge is -2.38. The summed E-state index contributed by atoms with van der Waals surface area (Å²) in [7, 11) is 0. The van der Waals surface area contributed by atoms with Crippen molar-refractivity contribution in [3.05, 3.63) is 0 Å². The van der Waals surface area contributed by atoms with Gasteiger partial charge in [-0.3, -0.25) is 4.79 Å². The second kappa shape index (κ2) is 11.6. The number of carbonyl (C=O) groups is 1. The summed E-state index contributed by atoms with van der Waals surface area (Å²) in [5, 5.41) is 1.62. The van der Waals surface area contributed by atoms with E-state index in [4.69, 9.17) is 0 Å². The number of ketones is 1. The Morgan fingerprint density at radius 1 is 0.826 bits per heavy atom. The van der Waals surface area contributed by atoms with E-state index in [9.17, 15) is 4.79 Å². The van der Waals surface area contributed by atoms with Gasteiger partial charge in [-0.2, -0.15) is 11.8 Å². The van der Waals surface area contributed by atoms with Gasteiger partial charge in [0, 0.05) is 22.8 Å². The highest BCUT2D eigenvalue weighted by molar-refractivity contribution is 8.00. The van der Waals surface area contributed by atoms with Crippen LogP contribution < -0.4 is 0 Å². The number of thioether (sulfide) groups is 1. The molecule has 2 heterocycles. The average molecular weight is 339 g/mol. The average Bonchev–Trinajstić information content (AvgIpc) is 2.56. The minimum Gasteiger partial charge on any atom is -0.299 e. The topological polar surface area (TPSA) is 17.1 Å². The molecule has 134 valence electrons. The monoisotopic (exact) mass is 338 g/mol. The summed E-state index contributed by atoms with van der Waals surface area (Å²) in [4.78, 5) is 12.5. The van der Waals surface area contributed by atoms with Crippen LogP contribution in [0.4, 0.5) is 0 Å². The summed E-state index contributed by atoms with van der Waals surface area (Å²) in [6.07, 6.45) is 20.9. The van der Waals surface area contributed by atoms with Crippen LogP contribution in [-0.2, 0) is 4.79 Å². The molecule has 2 saturated heterocycles. The van der Waals surface area contributed by atoms with E-state index in [2.05, 4.69) is 18.7 Å². The number of hydrogen-bond acceptors (Lipinski definition) is 2. The molecule has 1 nitrogen and oxygen atoms in total. The van der Waals surface area contributed by atoms with E-state index < -0.39 is 0 Å². The first-order chi connectivity index (χ1) is 11.3. The quantitative estimate of drug-likeness (QED) is 0.359. The third kappa shape index (κ3) is 7.63. The Labute approximate surface area is 148 Å². The van der Waals surface area contributed by atoms with E-state index in [1.165, 1.54) is 89.9 Å². The maximum Gasteiger partial charge on any atom is 0.136 e. The molecule has 0 aromatic carbocycles. The van der Waals surface area contributed by atoms with Crippen molar-refractivity contribution in [1.82, 2.24) is 0 Å². The molecule has 0 N–H and O–H groups in total. The summed E-state index contributed by atoms with van der Waals surface area (Å²) < 4.78 is 0. The Balaban J connectivity index is 1.44. The zero-order valence-corrected chi connectivity index (χ0v) is 16.2. The molecule has 0 aromatic rings. The molecule has 2 heteroatoms. The highest BCUT2D eigenvalue weighted by Crippen LogP contribution is 2.44. The molecule has 2 fully saturated rings. The Morgan fingerprint density at radius 2 is 1.35 bits per heavy atom. The number of carbonyl (C=O) groups excluding carboxylic acids is 1. The van der Waals surface area contributed by atoms with Gasteiger partial charge >= 0.3 is 0 Å². The second-order valence-electron chi connectivity index (χ2n) is 7.88. The van der Waals surface area contributed by atoms with Gasteiger partial charge < -0.3 is 0 Å². The van der Waals surface area contributed by atoms with Crippen LogP contribution in [0.2, 0.25) is 0 Å². The van der Waals surface area contributed by atoms with Gasteiger partial charge in [-0.05, 0) is 32.1 Å². The summed E-state index contributed by atoms with van der Waals surface area (Å²) in [6, 6.07) is 0. The fraction of sp³-hybridized carbons (Fsp3) is 0.952. The molecule has 0 amide bonds. The highest BCUT2D eigenvalue weighted by atomic mass is 32.2. The Morgan fingerprint density at radius 3 is 1.91 bits per heavy atom. The molecule has 2 aliphatic heterocycles. The van der Waals surface area contributed by atoms with Gasteiger partial charge in [0.15, 0.2) is 0 Å². The molecule has 23 heavy (non-hydrogen) atoms. The van der Waals surface area contributed by atoms with Gasteiger partial charge in [0.1, 0.15) is 5.78 Å². The van der Waals surface area contributed by atoms with Crippen LogP contribution in [-0.4, -0.2) is 16.3 Å². The van der Waals surface area contributed by atoms with Crippen molar-refractivity contribution in [1.29, 1.82) is 0 Å². The molecule has 2 unspecified atom stereocenters. The lowest BCUT2D eigenvalue weighted by Crippen LogP contribution is -2.32. The molecule has 2 rings (SSSR count). The fourth-order valence-corrected chi connectivity index (χ4v) is 6.15. The van der Waals surface area contributed by atoms with Crippen molar-refractivity contribution in [2.24, 2.45) is 5.92 Å². The minimum atomic E-state index is 0.421. The normalized spacial score (nSPS) is 27.1. The van der Waals surface area contributed by atoms with E-state index >= 15 is 0 Å². The van der Waals surface area contributed by atoms with Crippen molar-refractivity contribution in [3.63, 3.8) is 0 Å². The van der Waals surface area contributed by atoms with Crippen LogP contribution in [0.5, 0.6) is 0 Å². The van der Waals surface area contributed by atoms with Crippen LogP contribution in [0, 0.1) is 5.92 Å². The van der Waals surface area contributed by atoms with Gasteiger partial charge in [-0.1, -0.05) is 71.1 Å². The third-order valence-electron chi connectivity index (χ3n) is 5.76. The summed E-state index contributed by atoms with van der Waals surface area (Å²) in [5.41, 5.74) is 0. The number of rotatable bonds is 12. The Kier molecular flexibility index (Phi) is 9.72. The van der Waals surface area contributed by atoms with Gasteiger partial charge in [0.25, 0.3) is 0 Å². The predicted molar refractivity (Wildman–Crippen MR) is 103 cm³/mol. The van der Waals surface area contributed by atoms with E-state index in [-0.39, 0.29) is 0 Å². The van der Waals surface area contributed by atoms with Crippen molar-refractivity contribution in [2.75, 3.05) is 0 Å². The lowest BCUT2D eigenvalue weighted by atomic mass is 9.85. The third-order valence-corrected chi connectivity index (χ3v) is 7.39. The SMILES string of the molecule is CCCCCCCCCCCCC(=O)C1CC2CCCC(C1)S2. The first-order valence-corrected chi connectivity index (χ1v) is 11.4. The van der Waals surface area contributed by atoms with Crippen LogP contribution in [0.25, 0.3) is 0 Å². The van der Waals surface area contributed by atoms with Gasteiger partial charge in [0.05, 0.1) is 0 Å². The maximum atomic E-state index is 12.5. The standard InChI is InChI=1S/C21H38OS/c1-2-3-4-5-6-7-8-9-10-11-15-21(22)18-16-19-13-12-14-20(17-18)23-19/h18-20H,2-17H2,1H3. The van der Waals surface area contributed by atoms with Crippen LogP contribution in [0.3, 0.4) is 0 Å². The molecule has 0 aliphatic carbocycles. The molecule has 2 atom stereocenters. The van der Waals surface area contributed by atoms with Crippen molar-refractivity contribution in [2.45, 2.75) is 120 Å². The largest absolute Gasteiger partial charge is 0.299 e.